The number of carbonyl (C=O) groups is 1. The highest BCUT2D eigenvalue weighted by molar-refractivity contribution is 7.22. The third-order valence-corrected chi connectivity index (χ3v) is 6.15. The highest BCUT2D eigenvalue weighted by atomic mass is 32.1. The molecule has 1 aliphatic heterocycles. The summed E-state index contributed by atoms with van der Waals surface area (Å²) in [6.45, 7) is 4.81. The van der Waals surface area contributed by atoms with Gasteiger partial charge in [0, 0.05) is 44.5 Å². The van der Waals surface area contributed by atoms with Crippen molar-refractivity contribution in [3.05, 3.63) is 42.2 Å². The number of benzene rings is 1. The van der Waals surface area contributed by atoms with Crippen LogP contribution in [-0.4, -0.2) is 40.1 Å². The molecule has 3 heterocycles. The van der Waals surface area contributed by atoms with Crippen LogP contribution in [0.15, 0.2) is 30.6 Å². The van der Waals surface area contributed by atoms with Crippen LogP contribution < -0.4 is 10.2 Å². The molecular weight excluding hydrogens is 365 g/mol. The van der Waals surface area contributed by atoms with Crippen molar-refractivity contribution in [2.24, 2.45) is 5.92 Å². The highest BCUT2D eigenvalue weighted by Crippen LogP contribution is 2.32. The van der Waals surface area contributed by atoms with E-state index in [0.717, 1.165) is 48.1 Å². The Labute approximate surface area is 161 Å². The molecule has 142 valence electrons. The summed E-state index contributed by atoms with van der Waals surface area (Å²) in [6.07, 6.45) is 5.25. The Morgan fingerprint density at radius 2 is 2.19 bits per heavy atom. The monoisotopic (exact) mass is 387 g/mol. The summed E-state index contributed by atoms with van der Waals surface area (Å²) in [6, 6.07) is 5.04. The van der Waals surface area contributed by atoms with Crippen molar-refractivity contribution in [2.45, 2.75) is 26.3 Å². The van der Waals surface area contributed by atoms with Gasteiger partial charge in [-0.3, -0.25) is 4.79 Å². The summed E-state index contributed by atoms with van der Waals surface area (Å²) < 4.78 is 16.7. The average Bonchev–Trinajstić information content (AvgIpc) is 3.29. The van der Waals surface area contributed by atoms with Crippen LogP contribution in [0, 0.1) is 18.7 Å². The topological polar surface area (TPSA) is 63.1 Å². The zero-order valence-electron chi connectivity index (χ0n) is 15.2. The lowest BCUT2D eigenvalue weighted by molar-refractivity contribution is -0.125. The summed E-state index contributed by atoms with van der Waals surface area (Å²) in [5.41, 5.74) is 0.437. The molecular formula is C19H22FN5OS. The van der Waals surface area contributed by atoms with E-state index in [-0.39, 0.29) is 17.6 Å². The number of nitrogens with zero attached hydrogens (tertiary/aromatic N) is 4. The van der Waals surface area contributed by atoms with E-state index in [1.165, 1.54) is 17.4 Å². The maximum atomic E-state index is 13.8. The Morgan fingerprint density at radius 1 is 1.37 bits per heavy atom. The number of amides is 1. The van der Waals surface area contributed by atoms with Crippen LogP contribution >= 0.6 is 11.3 Å². The minimum atomic E-state index is -0.280. The molecule has 1 amide bonds. The maximum absolute atomic E-state index is 13.8. The summed E-state index contributed by atoms with van der Waals surface area (Å²) in [5, 5.41) is 3.87. The summed E-state index contributed by atoms with van der Waals surface area (Å²) in [7, 11) is 0. The average molecular weight is 387 g/mol. The number of rotatable bonds is 5. The van der Waals surface area contributed by atoms with Gasteiger partial charge in [-0.2, -0.15) is 0 Å². The Bertz CT molecular complexity index is 945. The van der Waals surface area contributed by atoms with Gasteiger partial charge in [-0.1, -0.05) is 17.4 Å². The minimum Gasteiger partial charge on any atom is -0.354 e. The van der Waals surface area contributed by atoms with Gasteiger partial charge in [0.1, 0.15) is 17.2 Å². The first-order chi connectivity index (χ1) is 13.1. The molecule has 0 saturated carbocycles. The van der Waals surface area contributed by atoms with Crippen LogP contribution in [-0.2, 0) is 11.3 Å². The van der Waals surface area contributed by atoms with Gasteiger partial charge in [0.05, 0.1) is 4.70 Å². The Kier molecular flexibility index (Phi) is 5.07. The molecule has 8 heteroatoms. The van der Waals surface area contributed by atoms with Crippen LogP contribution in [0.3, 0.4) is 0 Å². The first-order valence-electron chi connectivity index (χ1n) is 9.17. The van der Waals surface area contributed by atoms with Crippen molar-refractivity contribution in [1.29, 1.82) is 0 Å². The fourth-order valence-electron chi connectivity index (χ4n) is 3.46. The number of imidazole rings is 1. The van der Waals surface area contributed by atoms with Gasteiger partial charge in [-0.05, 0) is 31.9 Å². The quantitative estimate of drug-likeness (QED) is 0.731. The summed E-state index contributed by atoms with van der Waals surface area (Å²) in [5.74, 6) is 0.807. The van der Waals surface area contributed by atoms with Gasteiger partial charge in [0.2, 0.25) is 5.91 Å². The number of para-hydroxylation sites is 1. The van der Waals surface area contributed by atoms with Crippen LogP contribution in [0.4, 0.5) is 9.52 Å². The fourth-order valence-corrected chi connectivity index (χ4v) is 4.49. The Hall–Kier alpha value is -2.48. The number of fused-ring (bicyclic) bond motifs is 1. The van der Waals surface area contributed by atoms with Crippen LogP contribution in [0.25, 0.3) is 10.2 Å². The maximum Gasteiger partial charge on any atom is 0.223 e. The van der Waals surface area contributed by atoms with Gasteiger partial charge < -0.3 is 14.8 Å². The Morgan fingerprint density at radius 3 is 2.89 bits per heavy atom. The molecule has 0 radical (unpaired) electrons. The lowest BCUT2D eigenvalue weighted by Crippen LogP contribution is -2.41. The molecule has 3 aromatic rings. The number of aromatic nitrogens is 3. The molecule has 1 fully saturated rings. The van der Waals surface area contributed by atoms with E-state index in [9.17, 15) is 9.18 Å². The molecule has 1 aromatic carbocycles. The molecule has 0 spiro atoms. The van der Waals surface area contributed by atoms with Gasteiger partial charge in [0.25, 0.3) is 0 Å². The van der Waals surface area contributed by atoms with Crippen molar-refractivity contribution in [1.82, 2.24) is 19.9 Å². The second-order valence-corrected chi connectivity index (χ2v) is 7.81. The molecule has 2 aromatic heterocycles. The van der Waals surface area contributed by atoms with Crippen molar-refractivity contribution in [3.63, 3.8) is 0 Å². The predicted molar refractivity (Wildman–Crippen MR) is 104 cm³/mol. The van der Waals surface area contributed by atoms with E-state index in [0.29, 0.717) is 12.1 Å². The van der Waals surface area contributed by atoms with Crippen molar-refractivity contribution < 1.29 is 9.18 Å². The number of piperidine rings is 1. The number of hydrogen-bond donors (Lipinski definition) is 1. The number of anilines is 1. The fraction of sp³-hybridized carbons (Fsp3) is 0.421. The lowest BCUT2D eigenvalue weighted by atomic mass is 9.96. The summed E-state index contributed by atoms with van der Waals surface area (Å²) >= 11 is 1.51. The van der Waals surface area contributed by atoms with E-state index >= 15 is 0 Å². The summed E-state index contributed by atoms with van der Waals surface area (Å²) in [4.78, 5) is 23.2. The van der Waals surface area contributed by atoms with Crippen molar-refractivity contribution >= 4 is 32.6 Å². The molecule has 0 atom stereocenters. The van der Waals surface area contributed by atoms with Gasteiger partial charge in [0.15, 0.2) is 5.13 Å². The zero-order valence-corrected chi connectivity index (χ0v) is 16.0. The number of hydrogen-bond acceptors (Lipinski definition) is 5. The minimum absolute atomic E-state index is 0.0243. The van der Waals surface area contributed by atoms with Gasteiger partial charge in [-0.25, -0.2) is 14.4 Å². The number of halogens is 1. The molecule has 0 unspecified atom stereocenters. The van der Waals surface area contributed by atoms with Gasteiger partial charge >= 0.3 is 0 Å². The van der Waals surface area contributed by atoms with Crippen LogP contribution in [0.1, 0.15) is 18.7 Å². The largest absolute Gasteiger partial charge is 0.354 e. The second-order valence-electron chi connectivity index (χ2n) is 6.80. The standard InChI is InChI=1S/C19H22FN5OS/c1-13-21-7-11-24(13)12-8-22-18(26)14-5-9-25(10-6-14)19-23-17-15(20)3-2-4-16(17)27-19/h2-4,7,11,14H,5-6,8-10,12H2,1H3,(H,22,26). The third-order valence-electron chi connectivity index (χ3n) is 5.07. The van der Waals surface area contributed by atoms with E-state index < -0.39 is 0 Å². The SMILES string of the molecule is Cc1nccn1CCNC(=O)C1CCN(c2nc3c(F)cccc3s2)CC1. The Balaban J connectivity index is 1.29. The van der Waals surface area contributed by atoms with E-state index in [1.54, 1.807) is 12.3 Å². The molecule has 1 aliphatic rings. The van der Waals surface area contributed by atoms with Crippen LogP contribution in [0.2, 0.25) is 0 Å². The number of aryl methyl sites for hydroxylation is 1. The third kappa shape index (κ3) is 3.80. The molecule has 0 aliphatic carbocycles. The zero-order chi connectivity index (χ0) is 18.8. The molecule has 0 bridgehead atoms. The molecule has 1 N–H and O–H groups in total. The first kappa shape index (κ1) is 17.9. The molecule has 1 saturated heterocycles. The number of nitrogens with one attached hydrogen (secondary N) is 1. The molecule has 6 nitrogen and oxygen atoms in total. The van der Waals surface area contributed by atoms with E-state index in [1.807, 2.05) is 23.8 Å². The van der Waals surface area contributed by atoms with Crippen molar-refractivity contribution in [3.8, 4) is 0 Å². The number of thiazole rings is 1. The smallest absolute Gasteiger partial charge is 0.223 e. The van der Waals surface area contributed by atoms with E-state index in [2.05, 4.69) is 20.2 Å². The predicted octanol–water partition coefficient (Wildman–Crippen LogP) is 2.97. The normalized spacial score (nSPS) is 15.4. The lowest BCUT2D eigenvalue weighted by Gasteiger charge is -2.31. The van der Waals surface area contributed by atoms with Crippen LogP contribution in [0.5, 0.6) is 0 Å². The molecule has 27 heavy (non-hydrogen) atoms. The molecule has 4 rings (SSSR count). The van der Waals surface area contributed by atoms with Crippen molar-refractivity contribution in [2.75, 3.05) is 24.5 Å². The number of carbonyl (C=O) groups excluding carboxylic acids is 1. The second kappa shape index (κ2) is 7.64. The highest BCUT2D eigenvalue weighted by Gasteiger charge is 2.26. The van der Waals surface area contributed by atoms with Gasteiger partial charge in [-0.15, -0.1) is 0 Å². The van der Waals surface area contributed by atoms with E-state index in [4.69, 9.17) is 0 Å². The first-order valence-corrected chi connectivity index (χ1v) is 9.99.